The van der Waals surface area contributed by atoms with E-state index in [0.29, 0.717) is 0 Å². The summed E-state index contributed by atoms with van der Waals surface area (Å²) < 4.78 is 27.8. The largest absolute Gasteiger partial charge is 0.269 e. The van der Waals surface area contributed by atoms with Crippen LogP contribution in [0.25, 0.3) is 0 Å². The maximum absolute atomic E-state index is 11.4. The number of aryl methyl sites for hydroxylation is 2. The van der Waals surface area contributed by atoms with Gasteiger partial charge in [0.05, 0.1) is 30.2 Å². The first kappa shape index (κ1) is 17.6. The van der Waals surface area contributed by atoms with E-state index >= 15 is 0 Å². The Morgan fingerprint density at radius 3 is 2.48 bits per heavy atom. The third-order valence-electron chi connectivity index (χ3n) is 3.70. The van der Waals surface area contributed by atoms with Crippen molar-refractivity contribution in [3.05, 3.63) is 59.2 Å². The van der Waals surface area contributed by atoms with E-state index in [9.17, 15) is 8.42 Å². The number of aromatic nitrogens is 2. The Kier molecular flexibility index (Phi) is 5.85. The first-order chi connectivity index (χ1) is 10.9. The lowest BCUT2D eigenvalue weighted by molar-refractivity contribution is 0.304. The molecule has 2 aromatic rings. The summed E-state index contributed by atoms with van der Waals surface area (Å²) in [4.78, 5) is 8.94. The van der Waals surface area contributed by atoms with Crippen LogP contribution in [-0.4, -0.2) is 31.2 Å². The fraction of sp³-hybridized carbons (Fsp3) is 0.412. The molecule has 2 rings (SSSR count). The zero-order chi connectivity index (χ0) is 16.9. The highest BCUT2D eigenvalue weighted by Crippen LogP contribution is 2.26. The summed E-state index contributed by atoms with van der Waals surface area (Å²) in [6.45, 7) is 4.11. The Balaban J connectivity index is 2.41. The van der Waals surface area contributed by atoms with Gasteiger partial charge in [0.1, 0.15) is 0 Å². The van der Waals surface area contributed by atoms with Crippen LogP contribution in [0.4, 0.5) is 0 Å². The van der Waals surface area contributed by atoms with Crippen LogP contribution in [-0.2, 0) is 27.1 Å². The molecule has 1 atom stereocenters. The first-order valence-corrected chi connectivity index (χ1v) is 9.49. The van der Waals surface area contributed by atoms with Gasteiger partial charge in [0.15, 0.2) is 0 Å². The van der Waals surface area contributed by atoms with Crippen LogP contribution in [0.3, 0.4) is 0 Å². The van der Waals surface area contributed by atoms with Crippen LogP contribution in [0.15, 0.2) is 36.7 Å². The van der Waals surface area contributed by atoms with Crippen molar-refractivity contribution in [3.63, 3.8) is 0 Å². The maximum Gasteiger partial charge on any atom is 0.264 e. The average molecular weight is 334 g/mol. The molecule has 0 N–H and O–H groups in total. The van der Waals surface area contributed by atoms with Gasteiger partial charge in [0.25, 0.3) is 10.1 Å². The molecule has 0 radical (unpaired) electrons. The van der Waals surface area contributed by atoms with E-state index in [2.05, 4.69) is 16.9 Å². The first-order valence-electron chi connectivity index (χ1n) is 7.67. The molecule has 5 nitrogen and oxygen atoms in total. The van der Waals surface area contributed by atoms with Crippen LogP contribution in [0.5, 0.6) is 0 Å². The minimum atomic E-state index is -3.52. The highest BCUT2D eigenvalue weighted by molar-refractivity contribution is 7.85. The minimum Gasteiger partial charge on any atom is -0.269 e. The smallest absolute Gasteiger partial charge is 0.264 e. The van der Waals surface area contributed by atoms with E-state index in [-0.39, 0.29) is 12.5 Å². The van der Waals surface area contributed by atoms with Gasteiger partial charge < -0.3 is 0 Å². The van der Waals surface area contributed by atoms with Crippen LogP contribution in [0.2, 0.25) is 0 Å². The molecule has 2 heterocycles. The van der Waals surface area contributed by atoms with Crippen molar-refractivity contribution in [3.8, 4) is 0 Å². The van der Waals surface area contributed by atoms with E-state index in [1.165, 1.54) is 0 Å². The van der Waals surface area contributed by atoms with Crippen molar-refractivity contribution < 1.29 is 12.6 Å². The highest BCUT2D eigenvalue weighted by atomic mass is 32.2. The molecule has 0 aliphatic carbocycles. The molecular weight excluding hydrogens is 312 g/mol. The van der Waals surface area contributed by atoms with Crippen LogP contribution in [0.1, 0.15) is 42.3 Å². The number of nitrogens with zero attached hydrogens (tertiary/aromatic N) is 2. The minimum absolute atomic E-state index is 0.00131. The lowest BCUT2D eigenvalue weighted by Crippen LogP contribution is -2.17. The second kappa shape index (κ2) is 7.66. The Hall–Kier alpha value is -1.79. The van der Waals surface area contributed by atoms with Crippen molar-refractivity contribution in [2.24, 2.45) is 0 Å². The molecule has 0 aliphatic heterocycles. The number of pyridine rings is 2. The van der Waals surface area contributed by atoms with Gasteiger partial charge in [-0.3, -0.25) is 14.2 Å². The summed E-state index contributed by atoms with van der Waals surface area (Å²) in [5, 5.41) is 0. The molecule has 0 aliphatic rings. The summed E-state index contributed by atoms with van der Waals surface area (Å²) in [7, 11) is -3.52. The molecule has 2 aromatic heterocycles. The molecule has 0 amide bonds. The van der Waals surface area contributed by atoms with Crippen molar-refractivity contribution >= 4 is 10.1 Å². The Labute approximate surface area is 137 Å². The molecule has 23 heavy (non-hydrogen) atoms. The third-order valence-corrected chi connectivity index (χ3v) is 4.26. The highest BCUT2D eigenvalue weighted by Gasteiger charge is 2.22. The topological polar surface area (TPSA) is 69.2 Å². The van der Waals surface area contributed by atoms with Crippen molar-refractivity contribution in [2.45, 2.75) is 32.6 Å². The second-order valence-corrected chi connectivity index (χ2v) is 7.03. The van der Waals surface area contributed by atoms with Gasteiger partial charge in [-0.05, 0) is 36.1 Å². The Morgan fingerprint density at radius 1 is 1.13 bits per heavy atom. The van der Waals surface area contributed by atoms with Crippen molar-refractivity contribution in [2.75, 3.05) is 12.9 Å². The van der Waals surface area contributed by atoms with E-state index < -0.39 is 10.1 Å². The zero-order valence-corrected chi connectivity index (χ0v) is 14.5. The monoisotopic (exact) mass is 334 g/mol. The molecule has 0 bridgehead atoms. The quantitative estimate of drug-likeness (QED) is 0.728. The molecule has 0 fully saturated rings. The molecule has 1 unspecified atom stereocenters. The van der Waals surface area contributed by atoms with Crippen LogP contribution in [0, 0.1) is 0 Å². The van der Waals surface area contributed by atoms with Crippen LogP contribution < -0.4 is 0 Å². The van der Waals surface area contributed by atoms with Gasteiger partial charge in [0.2, 0.25) is 0 Å². The normalized spacial score (nSPS) is 13.0. The van der Waals surface area contributed by atoms with Gasteiger partial charge in [-0.1, -0.05) is 26.0 Å². The predicted octanol–water partition coefficient (Wildman–Crippen LogP) is 2.71. The van der Waals surface area contributed by atoms with Gasteiger partial charge >= 0.3 is 0 Å². The van der Waals surface area contributed by atoms with E-state index in [0.717, 1.165) is 41.6 Å². The fourth-order valence-corrected chi connectivity index (χ4v) is 2.79. The predicted molar refractivity (Wildman–Crippen MR) is 89.9 cm³/mol. The van der Waals surface area contributed by atoms with Gasteiger partial charge in [-0.15, -0.1) is 0 Å². The lowest BCUT2D eigenvalue weighted by Gasteiger charge is -2.18. The van der Waals surface area contributed by atoms with Gasteiger partial charge in [-0.25, -0.2) is 0 Å². The van der Waals surface area contributed by atoms with E-state index in [1.54, 1.807) is 6.20 Å². The summed E-state index contributed by atoms with van der Waals surface area (Å²) in [5.74, 6) is -0.313. The zero-order valence-electron chi connectivity index (χ0n) is 13.7. The molecule has 124 valence electrons. The molecular formula is C17H22N2O3S. The van der Waals surface area contributed by atoms with Crippen molar-refractivity contribution in [1.82, 2.24) is 9.97 Å². The number of rotatable bonds is 7. The van der Waals surface area contributed by atoms with E-state index in [1.807, 2.05) is 37.4 Å². The molecule has 0 saturated heterocycles. The summed E-state index contributed by atoms with van der Waals surface area (Å²) >= 11 is 0. The van der Waals surface area contributed by atoms with E-state index in [4.69, 9.17) is 4.18 Å². The Bertz CT molecular complexity index is 743. The average Bonchev–Trinajstić information content (AvgIpc) is 2.55. The SMILES string of the molecule is CCc1ccc(C(COS(C)(=O)=O)c2ncccc2CC)nc1. The van der Waals surface area contributed by atoms with Crippen molar-refractivity contribution in [1.29, 1.82) is 0 Å². The third kappa shape index (κ3) is 4.84. The number of hydrogen-bond donors (Lipinski definition) is 0. The lowest BCUT2D eigenvalue weighted by atomic mass is 9.95. The van der Waals surface area contributed by atoms with Gasteiger partial charge in [-0.2, -0.15) is 8.42 Å². The van der Waals surface area contributed by atoms with Gasteiger partial charge in [0, 0.05) is 12.4 Å². The molecule has 0 spiro atoms. The maximum atomic E-state index is 11.4. The molecule has 0 aromatic carbocycles. The summed E-state index contributed by atoms with van der Waals surface area (Å²) in [6, 6.07) is 7.80. The Morgan fingerprint density at radius 2 is 1.91 bits per heavy atom. The number of hydrogen-bond acceptors (Lipinski definition) is 5. The second-order valence-electron chi connectivity index (χ2n) is 5.39. The van der Waals surface area contributed by atoms with Crippen LogP contribution >= 0.6 is 0 Å². The molecule has 6 heteroatoms. The fourth-order valence-electron chi connectivity index (χ4n) is 2.41. The molecule has 0 saturated carbocycles. The summed E-state index contributed by atoms with van der Waals surface area (Å²) in [5.41, 5.74) is 3.78. The standard InChI is InChI=1S/C17H22N2O3S/c1-4-13-8-9-16(19-11-13)15(12-22-23(3,20)21)17-14(5-2)7-6-10-18-17/h6-11,15H,4-5,12H2,1-3H3. The summed E-state index contributed by atoms with van der Waals surface area (Å²) in [6.07, 6.45) is 6.30.